The number of thioether (sulfide) groups is 1. The molecular weight excluding hydrogens is 236 g/mol. The average molecular weight is 254 g/mol. The number of hydrogen-bond donors (Lipinski definition) is 2. The predicted octanol–water partition coefficient (Wildman–Crippen LogP) is 1.36. The molecule has 0 aliphatic carbocycles. The minimum absolute atomic E-state index is 0.0730. The maximum absolute atomic E-state index is 8.55. The Hall–Kier alpha value is -1.43. The van der Waals surface area contributed by atoms with Crippen molar-refractivity contribution >= 4 is 23.4 Å². The van der Waals surface area contributed by atoms with Gasteiger partial charge in [0, 0.05) is 30.6 Å². The second kappa shape index (κ2) is 6.34. The highest BCUT2D eigenvalue weighted by Gasteiger charge is 2.10. The fourth-order valence-electron chi connectivity index (χ4n) is 1.38. The van der Waals surface area contributed by atoms with Crippen molar-refractivity contribution in [3.63, 3.8) is 0 Å². The Kier molecular flexibility index (Phi) is 5.09. The predicted molar refractivity (Wildman–Crippen MR) is 73.0 cm³/mol. The van der Waals surface area contributed by atoms with Crippen LogP contribution in [-0.4, -0.2) is 41.1 Å². The Bertz CT molecular complexity index is 380. The van der Waals surface area contributed by atoms with E-state index in [0.717, 1.165) is 11.6 Å². The molecule has 0 spiro atoms. The number of rotatable bonds is 5. The minimum Gasteiger partial charge on any atom is -0.409 e. The van der Waals surface area contributed by atoms with Crippen LogP contribution in [0.5, 0.6) is 0 Å². The number of pyridine rings is 1. The summed E-state index contributed by atoms with van der Waals surface area (Å²) < 4.78 is 0. The van der Waals surface area contributed by atoms with Gasteiger partial charge in [-0.15, -0.1) is 0 Å². The topological polar surface area (TPSA) is 74.7 Å². The maximum atomic E-state index is 8.55. The number of amidine groups is 1. The molecule has 94 valence electrons. The standard InChI is InChI=1S/C11H18N4OS/c1-8(7-17-3)15(2)10-5-4-9(6-13-10)11(12)14-16/h4-6,8,16H,7H2,1-3H3,(H2,12,14). The Morgan fingerprint density at radius 3 is 2.82 bits per heavy atom. The van der Waals surface area contributed by atoms with E-state index in [1.165, 1.54) is 0 Å². The molecule has 3 N–H and O–H groups in total. The lowest BCUT2D eigenvalue weighted by atomic mass is 10.2. The lowest BCUT2D eigenvalue weighted by Crippen LogP contribution is -2.31. The van der Waals surface area contributed by atoms with Crippen molar-refractivity contribution < 1.29 is 5.21 Å². The summed E-state index contributed by atoms with van der Waals surface area (Å²) in [6.45, 7) is 2.15. The van der Waals surface area contributed by atoms with E-state index in [9.17, 15) is 0 Å². The van der Waals surface area contributed by atoms with Gasteiger partial charge in [0.05, 0.1) is 0 Å². The first-order valence-electron chi connectivity index (χ1n) is 5.25. The van der Waals surface area contributed by atoms with Crippen molar-refractivity contribution in [2.24, 2.45) is 10.9 Å². The van der Waals surface area contributed by atoms with Crippen molar-refractivity contribution in [3.05, 3.63) is 23.9 Å². The van der Waals surface area contributed by atoms with Crippen LogP contribution in [0.1, 0.15) is 12.5 Å². The summed E-state index contributed by atoms with van der Waals surface area (Å²) in [6, 6.07) is 4.07. The van der Waals surface area contributed by atoms with Gasteiger partial charge in [-0.3, -0.25) is 0 Å². The number of nitrogens with zero attached hydrogens (tertiary/aromatic N) is 3. The zero-order valence-electron chi connectivity index (χ0n) is 10.3. The van der Waals surface area contributed by atoms with Crippen molar-refractivity contribution in [2.75, 3.05) is 24.0 Å². The van der Waals surface area contributed by atoms with Crippen LogP contribution in [0.25, 0.3) is 0 Å². The molecular formula is C11H18N4OS. The van der Waals surface area contributed by atoms with E-state index < -0.39 is 0 Å². The first-order valence-corrected chi connectivity index (χ1v) is 6.65. The highest BCUT2D eigenvalue weighted by molar-refractivity contribution is 7.98. The molecule has 0 bridgehead atoms. The summed E-state index contributed by atoms with van der Waals surface area (Å²) in [4.78, 5) is 6.40. The molecule has 0 aliphatic rings. The molecule has 0 radical (unpaired) electrons. The third kappa shape index (κ3) is 3.52. The first-order chi connectivity index (χ1) is 8.10. The molecule has 0 fully saturated rings. The average Bonchev–Trinajstić information content (AvgIpc) is 2.37. The molecule has 0 aromatic carbocycles. The molecule has 1 unspecified atom stereocenters. The Labute approximate surface area is 106 Å². The zero-order valence-corrected chi connectivity index (χ0v) is 11.1. The fraction of sp³-hybridized carbons (Fsp3) is 0.455. The maximum Gasteiger partial charge on any atom is 0.171 e. The van der Waals surface area contributed by atoms with Crippen molar-refractivity contribution in [3.8, 4) is 0 Å². The van der Waals surface area contributed by atoms with Gasteiger partial charge in [-0.2, -0.15) is 11.8 Å². The van der Waals surface area contributed by atoms with Gasteiger partial charge in [0.1, 0.15) is 5.82 Å². The first kappa shape index (κ1) is 13.6. The zero-order chi connectivity index (χ0) is 12.8. The highest BCUT2D eigenvalue weighted by Crippen LogP contribution is 2.14. The molecule has 0 saturated carbocycles. The molecule has 0 saturated heterocycles. The van der Waals surface area contributed by atoms with Gasteiger partial charge >= 0.3 is 0 Å². The highest BCUT2D eigenvalue weighted by atomic mass is 32.2. The van der Waals surface area contributed by atoms with E-state index in [2.05, 4.69) is 28.2 Å². The lowest BCUT2D eigenvalue weighted by Gasteiger charge is -2.25. The van der Waals surface area contributed by atoms with E-state index in [4.69, 9.17) is 10.9 Å². The van der Waals surface area contributed by atoms with Crippen LogP contribution >= 0.6 is 11.8 Å². The third-order valence-electron chi connectivity index (χ3n) is 2.58. The number of aromatic nitrogens is 1. The largest absolute Gasteiger partial charge is 0.409 e. The Morgan fingerprint density at radius 2 is 2.35 bits per heavy atom. The molecule has 5 nitrogen and oxygen atoms in total. The number of anilines is 1. The van der Waals surface area contributed by atoms with Crippen LogP contribution in [0, 0.1) is 0 Å². The second-order valence-electron chi connectivity index (χ2n) is 3.81. The van der Waals surface area contributed by atoms with E-state index in [0.29, 0.717) is 11.6 Å². The monoisotopic (exact) mass is 254 g/mol. The van der Waals surface area contributed by atoms with Gasteiger partial charge in [0.25, 0.3) is 0 Å². The molecule has 6 heteroatoms. The molecule has 17 heavy (non-hydrogen) atoms. The van der Waals surface area contributed by atoms with Crippen LogP contribution < -0.4 is 10.6 Å². The molecule has 1 atom stereocenters. The molecule has 1 aromatic heterocycles. The van der Waals surface area contributed by atoms with Gasteiger partial charge in [0.15, 0.2) is 5.84 Å². The van der Waals surface area contributed by atoms with Gasteiger partial charge in [-0.05, 0) is 25.3 Å². The fourth-order valence-corrected chi connectivity index (χ4v) is 2.09. The lowest BCUT2D eigenvalue weighted by molar-refractivity contribution is 0.318. The van der Waals surface area contributed by atoms with E-state index in [1.807, 2.05) is 13.1 Å². The summed E-state index contributed by atoms with van der Waals surface area (Å²) in [5.41, 5.74) is 6.08. The summed E-state index contributed by atoms with van der Waals surface area (Å²) in [7, 11) is 2.01. The summed E-state index contributed by atoms with van der Waals surface area (Å²) in [6.07, 6.45) is 3.69. The molecule has 1 heterocycles. The summed E-state index contributed by atoms with van der Waals surface area (Å²) in [5, 5.41) is 11.5. The summed E-state index contributed by atoms with van der Waals surface area (Å²) in [5.74, 6) is 1.99. The van der Waals surface area contributed by atoms with Gasteiger partial charge < -0.3 is 15.8 Å². The van der Waals surface area contributed by atoms with Crippen LogP contribution in [0.15, 0.2) is 23.5 Å². The minimum atomic E-state index is 0.0730. The number of hydrogen-bond acceptors (Lipinski definition) is 5. The molecule has 1 rings (SSSR count). The SMILES string of the molecule is CSCC(C)N(C)c1ccc(/C(N)=N/O)cn1. The summed E-state index contributed by atoms with van der Waals surface area (Å²) >= 11 is 1.80. The van der Waals surface area contributed by atoms with Crippen LogP contribution in [-0.2, 0) is 0 Å². The van der Waals surface area contributed by atoms with Gasteiger partial charge in [-0.25, -0.2) is 4.98 Å². The van der Waals surface area contributed by atoms with Crippen LogP contribution in [0.3, 0.4) is 0 Å². The Balaban J connectivity index is 2.80. The molecule has 0 amide bonds. The van der Waals surface area contributed by atoms with E-state index >= 15 is 0 Å². The quantitative estimate of drug-likeness (QED) is 0.359. The van der Waals surface area contributed by atoms with Gasteiger partial charge in [-0.1, -0.05) is 5.16 Å². The molecule has 0 aliphatic heterocycles. The van der Waals surface area contributed by atoms with Crippen LogP contribution in [0.4, 0.5) is 5.82 Å². The normalized spacial score (nSPS) is 13.5. The third-order valence-corrected chi connectivity index (χ3v) is 3.40. The van der Waals surface area contributed by atoms with E-state index in [1.54, 1.807) is 24.0 Å². The van der Waals surface area contributed by atoms with Crippen LogP contribution in [0.2, 0.25) is 0 Å². The Morgan fingerprint density at radius 1 is 1.65 bits per heavy atom. The number of oxime groups is 1. The van der Waals surface area contributed by atoms with E-state index in [-0.39, 0.29) is 5.84 Å². The van der Waals surface area contributed by atoms with Crippen molar-refractivity contribution in [1.29, 1.82) is 0 Å². The van der Waals surface area contributed by atoms with Crippen molar-refractivity contribution in [2.45, 2.75) is 13.0 Å². The number of nitrogens with two attached hydrogens (primary N) is 1. The smallest absolute Gasteiger partial charge is 0.171 e. The second-order valence-corrected chi connectivity index (χ2v) is 4.72. The van der Waals surface area contributed by atoms with Crippen molar-refractivity contribution in [1.82, 2.24) is 4.98 Å². The molecule has 1 aromatic rings. The van der Waals surface area contributed by atoms with Gasteiger partial charge in [0.2, 0.25) is 0 Å².